The van der Waals surface area contributed by atoms with Crippen molar-refractivity contribution in [2.75, 3.05) is 5.32 Å². The molecular formula is C11H10F3N5O2. The number of ether oxygens (including phenoxy) is 1. The van der Waals surface area contributed by atoms with Crippen molar-refractivity contribution in [1.82, 2.24) is 20.6 Å². The van der Waals surface area contributed by atoms with Gasteiger partial charge in [-0.2, -0.15) is 18.4 Å². The zero-order valence-corrected chi connectivity index (χ0v) is 10.7. The number of alkyl halides is 3. The lowest BCUT2D eigenvalue weighted by atomic mass is 10.2. The van der Waals surface area contributed by atoms with Gasteiger partial charge in [0.05, 0.1) is 5.56 Å². The molecule has 7 nitrogen and oxygen atoms in total. The summed E-state index contributed by atoms with van der Waals surface area (Å²) in [6, 6.07) is 4.63. The number of aromatic amines is 1. The third-order valence-corrected chi connectivity index (χ3v) is 2.45. The Labute approximate surface area is 116 Å². The van der Waals surface area contributed by atoms with Gasteiger partial charge in [-0.1, -0.05) is 17.2 Å². The van der Waals surface area contributed by atoms with Gasteiger partial charge in [-0.25, -0.2) is 0 Å². The average Bonchev–Trinajstić information content (AvgIpc) is 2.91. The van der Waals surface area contributed by atoms with Crippen LogP contribution in [0.2, 0.25) is 0 Å². The van der Waals surface area contributed by atoms with Crippen LogP contribution in [0.25, 0.3) is 0 Å². The van der Waals surface area contributed by atoms with Gasteiger partial charge in [-0.3, -0.25) is 10.1 Å². The Morgan fingerprint density at radius 1 is 1.38 bits per heavy atom. The van der Waals surface area contributed by atoms with E-state index in [2.05, 4.69) is 25.9 Å². The normalized spacial score (nSPS) is 12.8. The Hall–Kier alpha value is -2.65. The van der Waals surface area contributed by atoms with E-state index in [1.54, 1.807) is 0 Å². The van der Waals surface area contributed by atoms with Crippen LogP contribution in [-0.2, 0) is 11.0 Å². The van der Waals surface area contributed by atoms with Gasteiger partial charge in [0, 0.05) is 0 Å². The van der Waals surface area contributed by atoms with Gasteiger partial charge < -0.3 is 4.74 Å². The van der Waals surface area contributed by atoms with Crippen molar-refractivity contribution in [2.45, 2.75) is 19.2 Å². The maximum Gasteiger partial charge on any atom is 0.419 e. The summed E-state index contributed by atoms with van der Waals surface area (Å²) in [7, 11) is 0. The zero-order chi connectivity index (χ0) is 15.5. The number of hydrogen-bond donors (Lipinski definition) is 2. The lowest BCUT2D eigenvalue weighted by molar-refractivity contribution is -0.140. The predicted molar refractivity (Wildman–Crippen MR) is 64.3 cm³/mol. The molecule has 1 unspecified atom stereocenters. The summed E-state index contributed by atoms with van der Waals surface area (Å²) in [5.41, 5.74) is -0.954. The van der Waals surface area contributed by atoms with Crippen LogP contribution < -0.4 is 10.1 Å². The van der Waals surface area contributed by atoms with Crippen LogP contribution in [-0.4, -0.2) is 32.6 Å². The first-order valence-corrected chi connectivity index (χ1v) is 5.75. The summed E-state index contributed by atoms with van der Waals surface area (Å²) in [6.45, 7) is 1.31. The third-order valence-electron chi connectivity index (χ3n) is 2.45. The van der Waals surface area contributed by atoms with E-state index in [1.165, 1.54) is 19.1 Å². The number of para-hydroxylation sites is 1. The first-order chi connectivity index (χ1) is 9.88. The predicted octanol–water partition coefficient (Wildman–Crippen LogP) is 1.62. The quantitative estimate of drug-likeness (QED) is 0.895. The molecule has 0 fully saturated rings. The van der Waals surface area contributed by atoms with Crippen molar-refractivity contribution < 1.29 is 22.7 Å². The van der Waals surface area contributed by atoms with Gasteiger partial charge in [0.1, 0.15) is 5.75 Å². The second kappa shape index (κ2) is 5.77. The van der Waals surface area contributed by atoms with Crippen LogP contribution >= 0.6 is 0 Å². The molecule has 0 aliphatic heterocycles. The van der Waals surface area contributed by atoms with Crippen LogP contribution in [0.5, 0.6) is 5.75 Å². The minimum atomic E-state index is -4.57. The summed E-state index contributed by atoms with van der Waals surface area (Å²) in [5.74, 6) is -1.23. The zero-order valence-electron chi connectivity index (χ0n) is 10.7. The SMILES string of the molecule is CC(Oc1ccccc1C(F)(F)F)C(=O)Nc1nn[nH]n1. The van der Waals surface area contributed by atoms with E-state index in [9.17, 15) is 18.0 Å². The first-order valence-electron chi connectivity index (χ1n) is 5.75. The Morgan fingerprint density at radius 3 is 2.71 bits per heavy atom. The molecule has 0 bridgehead atoms. The Morgan fingerprint density at radius 2 is 2.10 bits per heavy atom. The number of halogens is 3. The highest BCUT2D eigenvalue weighted by Crippen LogP contribution is 2.36. The number of benzene rings is 1. The standard InChI is InChI=1S/C11H10F3N5O2/c1-6(9(20)15-10-16-18-19-17-10)21-8-5-3-2-4-7(8)11(12,13)14/h2-6H,1H3,(H2,15,16,17,18,19,20). The number of nitrogens with one attached hydrogen (secondary N) is 2. The minimum Gasteiger partial charge on any atom is -0.480 e. The van der Waals surface area contributed by atoms with Crippen molar-refractivity contribution in [3.63, 3.8) is 0 Å². The monoisotopic (exact) mass is 301 g/mol. The molecule has 0 spiro atoms. The number of H-pyrrole nitrogens is 1. The maximum absolute atomic E-state index is 12.8. The van der Waals surface area contributed by atoms with Crippen molar-refractivity contribution in [1.29, 1.82) is 0 Å². The summed E-state index contributed by atoms with van der Waals surface area (Å²) >= 11 is 0. The Kier molecular flexibility index (Phi) is 4.05. The molecule has 2 rings (SSSR count). The fourth-order valence-electron chi connectivity index (χ4n) is 1.47. The highest BCUT2D eigenvalue weighted by molar-refractivity contribution is 5.92. The van der Waals surface area contributed by atoms with Crippen molar-refractivity contribution in [3.8, 4) is 5.75 Å². The van der Waals surface area contributed by atoms with E-state index < -0.39 is 29.5 Å². The average molecular weight is 301 g/mol. The minimum absolute atomic E-state index is 0.0976. The largest absolute Gasteiger partial charge is 0.480 e. The van der Waals surface area contributed by atoms with Gasteiger partial charge in [-0.05, 0) is 24.3 Å². The summed E-state index contributed by atoms with van der Waals surface area (Å²) in [5, 5.41) is 14.6. The second-order valence-corrected chi connectivity index (χ2v) is 3.98. The van der Waals surface area contributed by atoms with Gasteiger partial charge in [0.2, 0.25) is 0 Å². The van der Waals surface area contributed by atoms with Crippen molar-refractivity contribution in [2.24, 2.45) is 0 Å². The number of amides is 1. The molecule has 112 valence electrons. The summed E-state index contributed by atoms with van der Waals surface area (Å²) in [4.78, 5) is 11.7. The first kappa shape index (κ1) is 14.8. The summed E-state index contributed by atoms with van der Waals surface area (Å²) in [6.07, 6.45) is -5.74. The number of nitrogens with zero attached hydrogens (tertiary/aromatic N) is 3. The number of aromatic nitrogens is 4. The molecule has 1 atom stereocenters. The van der Waals surface area contributed by atoms with Crippen molar-refractivity contribution >= 4 is 11.9 Å². The van der Waals surface area contributed by atoms with Gasteiger partial charge in [-0.15, -0.1) is 5.10 Å². The van der Waals surface area contributed by atoms with Gasteiger partial charge >= 0.3 is 6.18 Å². The lowest BCUT2D eigenvalue weighted by Crippen LogP contribution is -2.31. The smallest absolute Gasteiger partial charge is 0.419 e. The summed E-state index contributed by atoms with van der Waals surface area (Å²) < 4.78 is 43.4. The molecule has 1 aromatic carbocycles. The van der Waals surface area contributed by atoms with Gasteiger partial charge in [0.15, 0.2) is 6.10 Å². The molecule has 2 aromatic rings. The van der Waals surface area contributed by atoms with E-state index in [0.717, 1.165) is 12.1 Å². The molecule has 0 saturated heterocycles. The molecule has 0 radical (unpaired) electrons. The molecule has 0 aliphatic carbocycles. The van der Waals surface area contributed by atoms with E-state index in [0.29, 0.717) is 0 Å². The van der Waals surface area contributed by atoms with Gasteiger partial charge in [0.25, 0.3) is 11.9 Å². The molecular weight excluding hydrogens is 291 g/mol. The maximum atomic E-state index is 12.8. The highest BCUT2D eigenvalue weighted by atomic mass is 19.4. The van der Waals surface area contributed by atoms with Crippen LogP contribution in [0.3, 0.4) is 0 Å². The molecule has 1 aromatic heterocycles. The molecule has 1 amide bonds. The van der Waals surface area contributed by atoms with Crippen LogP contribution in [0, 0.1) is 0 Å². The highest BCUT2D eigenvalue weighted by Gasteiger charge is 2.34. The van der Waals surface area contributed by atoms with E-state index in [4.69, 9.17) is 4.74 Å². The topological polar surface area (TPSA) is 92.8 Å². The molecule has 0 aliphatic rings. The van der Waals surface area contributed by atoms with E-state index in [-0.39, 0.29) is 5.95 Å². The van der Waals surface area contributed by atoms with Crippen LogP contribution in [0.15, 0.2) is 24.3 Å². The van der Waals surface area contributed by atoms with E-state index >= 15 is 0 Å². The lowest BCUT2D eigenvalue weighted by Gasteiger charge is -2.17. The number of anilines is 1. The van der Waals surface area contributed by atoms with Crippen LogP contribution in [0.1, 0.15) is 12.5 Å². The van der Waals surface area contributed by atoms with Crippen LogP contribution in [0.4, 0.5) is 19.1 Å². The number of carbonyl (C=O) groups excluding carboxylic acids is 1. The fourth-order valence-corrected chi connectivity index (χ4v) is 1.47. The molecule has 2 N–H and O–H groups in total. The fraction of sp³-hybridized carbons (Fsp3) is 0.273. The molecule has 21 heavy (non-hydrogen) atoms. The Balaban J connectivity index is 2.09. The Bertz CT molecular complexity index is 615. The van der Waals surface area contributed by atoms with E-state index in [1.807, 2.05) is 0 Å². The number of carbonyl (C=O) groups is 1. The second-order valence-electron chi connectivity index (χ2n) is 3.98. The molecule has 0 saturated carbocycles. The number of hydrogen-bond acceptors (Lipinski definition) is 5. The third kappa shape index (κ3) is 3.68. The molecule has 10 heteroatoms. The molecule has 1 heterocycles. The number of tetrazole rings is 1. The van der Waals surface area contributed by atoms with Crippen molar-refractivity contribution in [3.05, 3.63) is 29.8 Å². The number of rotatable bonds is 4.